The van der Waals surface area contributed by atoms with Gasteiger partial charge in [0.05, 0.1) is 17.8 Å². The standard InChI is InChI=1S/C18H18N2O3S/c1-3-23-16-12-13(2)9-10-17(16)24(21,22)20-15-8-4-6-14-7-5-11-19-18(14)15/h4-12,20H,3H2,1-2H3. The molecule has 1 N–H and O–H groups in total. The SMILES string of the molecule is CCOc1cc(C)ccc1S(=O)(=O)Nc1cccc2cccnc12. The average molecular weight is 342 g/mol. The molecule has 0 aliphatic heterocycles. The van der Waals surface area contributed by atoms with E-state index in [1.807, 2.05) is 32.0 Å². The van der Waals surface area contributed by atoms with Gasteiger partial charge in [0, 0.05) is 11.6 Å². The van der Waals surface area contributed by atoms with Crippen molar-refractivity contribution < 1.29 is 13.2 Å². The van der Waals surface area contributed by atoms with Crippen LogP contribution in [0.25, 0.3) is 10.9 Å². The molecular weight excluding hydrogens is 324 g/mol. The third-order valence-electron chi connectivity index (χ3n) is 3.57. The van der Waals surface area contributed by atoms with E-state index in [1.54, 1.807) is 36.5 Å². The molecule has 0 unspecified atom stereocenters. The summed E-state index contributed by atoms with van der Waals surface area (Å²) in [5, 5.41) is 0.867. The topological polar surface area (TPSA) is 68.3 Å². The monoisotopic (exact) mass is 342 g/mol. The summed E-state index contributed by atoms with van der Waals surface area (Å²) in [5.74, 6) is 0.346. The number of hydrogen-bond acceptors (Lipinski definition) is 4. The Labute approximate surface area is 141 Å². The molecule has 1 aromatic heterocycles. The number of benzene rings is 2. The molecule has 0 radical (unpaired) electrons. The van der Waals surface area contributed by atoms with Gasteiger partial charge in [0.25, 0.3) is 10.0 Å². The Morgan fingerprint density at radius 2 is 1.92 bits per heavy atom. The Bertz CT molecular complexity index is 979. The van der Waals surface area contributed by atoms with E-state index in [0.29, 0.717) is 23.6 Å². The number of aryl methyl sites for hydroxylation is 1. The first-order valence-corrected chi connectivity index (χ1v) is 9.09. The van der Waals surface area contributed by atoms with Gasteiger partial charge >= 0.3 is 0 Å². The molecule has 0 aliphatic rings. The van der Waals surface area contributed by atoms with E-state index < -0.39 is 10.0 Å². The Balaban J connectivity index is 2.06. The van der Waals surface area contributed by atoms with E-state index in [0.717, 1.165) is 10.9 Å². The van der Waals surface area contributed by atoms with E-state index in [1.165, 1.54) is 0 Å². The number of nitrogens with one attached hydrogen (secondary N) is 1. The summed E-state index contributed by atoms with van der Waals surface area (Å²) in [7, 11) is -3.79. The third-order valence-corrected chi connectivity index (χ3v) is 4.97. The molecule has 0 aliphatic carbocycles. The molecule has 5 nitrogen and oxygen atoms in total. The number of rotatable bonds is 5. The van der Waals surface area contributed by atoms with E-state index in [9.17, 15) is 8.42 Å². The van der Waals surface area contributed by atoms with Crippen LogP contribution in [0.5, 0.6) is 5.75 Å². The van der Waals surface area contributed by atoms with Crippen molar-refractivity contribution in [2.75, 3.05) is 11.3 Å². The number of fused-ring (bicyclic) bond motifs is 1. The van der Waals surface area contributed by atoms with Crippen molar-refractivity contribution in [2.45, 2.75) is 18.7 Å². The van der Waals surface area contributed by atoms with Crippen molar-refractivity contribution >= 4 is 26.6 Å². The quantitative estimate of drug-likeness (QED) is 0.767. The summed E-state index contributed by atoms with van der Waals surface area (Å²) in [4.78, 5) is 4.39. The molecule has 3 aromatic rings. The van der Waals surface area contributed by atoms with Crippen LogP contribution in [0, 0.1) is 6.92 Å². The largest absolute Gasteiger partial charge is 0.492 e. The first-order chi connectivity index (χ1) is 11.5. The molecule has 6 heteroatoms. The van der Waals surface area contributed by atoms with E-state index in [2.05, 4.69) is 9.71 Å². The molecule has 2 aromatic carbocycles. The molecule has 0 bridgehead atoms. The summed E-state index contributed by atoms with van der Waals surface area (Å²) >= 11 is 0. The minimum atomic E-state index is -3.79. The fraction of sp³-hybridized carbons (Fsp3) is 0.167. The maximum absolute atomic E-state index is 12.8. The Morgan fingerprint density at radius 3 is 2.71 bits per heavy atom. The second-order valence-corrected chi connectivity index (χ2v) is 7.02. The number of hydrogen-bond donors (Lipinski definition) is 1. The lowest BCUT2D eigenvalue weighted by Crippen LogP contribution is -2.15. The second-order valence-electron chi connectivity index (χ2n) is 5.37. The number of sulfonamides is 1. The fourth-order valence-electron chi connectivity index (χ4n) is 2.49. The molecule has 0 saturated heterocycles. The van der Waals surface area contributed by atoms with Gasteiger partial charge in [0.2, 0.25) is 0 Å². The zero-order valence-corrected chi connectivity index (χ0v) is 14.3. The van der Waals surface area contributed by atoms with Gasteiger partial charge in [-0.3, -0.25) is 9.71 Å². The molecule has 0 spiro atoms. The molecule has 0 fully saturated rings. The van der Waals surface area contributed by atoms with Gasteiger partial charge < -0.3 is 4.74 Å². The van der Waals surface area contributed by atoms with E-state index in [4.69, 9.17) is 4.74 Å². The smallest absolute Gasteiger partial charge is 0.265 e. The Kier molecular flexibility index (Phi) is 4.40. The van der Waals surface area contributed by atoms with Gasteiger partial charge in [0.15, 0.2) is 0 Å². The second kappa shape index (κ2) is 6.49. The molecule has 0 amide bonds. The highest BCUT2D eigenvalue weighted by Crippen LogP contribution is 2.29. The van der Waals surface area contributed by atoms with Crippen LogP contribution < -0.4 is 9.46 Å². The number of pyridine rings is 1. The van der Waals surface area contributed by atoms with Crippen molar-refractivity contribution in [3.8, 4) is 5.75 Å². The number of para-hydroxylation sites is 1. The van der Waals surface area contributed by atoms with Gasteiger partial charge in [-0.05, 0) is 43.7 Å². The highest BCUT2D eigenvalue weighted by molar-refractivity contribution is 7.92. The summed E-state index contributed by atoms with van der Waals surface area (Å²) < 4.78 is 33.8. The zero-order chi connectivity index (χ0) is 17.2. The molecule has 0 saturated carbocycles. The van der Waals surface area contributed by atoms with Crippen LogP contribution in [-0.4, -0.2) is 20.0 Å². The molecule has 124 valence electrons. The summed E-state index contributed by atoms with van der Waals surface area (Å²) in [6.07, 6.45) is 1.64. The molecule has 3 rings (SSSR count). The predicted octanol–water partition coefficient (Wildman–Crippen LogP) is 3.74. The lowest BCUT2D eigenvalue weighted by atomic mass is 10.2. The van der Waals surface area contributed by atoms with Crippen LogP contribution in [0.3, 0.4) is 0 Å². The normalized spacial score (nSPS) is 11.4. The van der Waals surface area contributed by atoms with Gasteiger partial charge in [-0.1, -0.05) is 24.3 Å². The highest BCUT2D eigenvalue weighted by atomic mass is 32.2. The van der Waals surface area contributed by atoms with Crippen LogP contribution in [0.15, 0.2) is 59.6 Å². The minimum absolute atomic E-state index is 0.114. The van der Waals surface area contributed by atoms with Gasteiger partial charge in [-0.25, -0.2) is 8.42 Å². The lowest BCUT2D eigenvalue weighted by molar-refractivity contribution is 0.331. The van der Waals surface area contributed by atoms with Gasteiger partial charge in [0.1, 0.15) is 10.6 Å². The average Bonchev–Trinajstić information content (AvgIpc) is 2.55. The Morgan fingerprint density at radius 1 is 1.12 bits per heavy atom. The summed E-state index contributed by atoms with van der Waals surface area (Å²) in [5.41, 5.74) is 1.98. The zero-order valence-electron chi connectivity index (χ0n) is 13.5. The maximum atomic E-state index is 12.8. The highest BCUT2D eigenvalue weighted by Gasteiger charge is 2.21. The van der Waals surface area contributed by atoms with Crippen LogP contribution in [-0.2, 0) is 10.0 Å². The van der Waals surface area contributed by atoms with Gasteiger partial charge in [-0.2, -0.15) is 0 Å². The van der Waals surface area contributed by atoms with Crippen LogP contribution in [0.4, 0.5) is 5.69 Å². The summed E-state index contributed by atoms with van der Waals surface area (Å²) in [6.45, 7) is 4.10. The Hall–Kier alpha value is -2.60. The lowest BCUT2D eigenvalue weighted by Gasteiger charge is -2.14. The number of aromatic nitrogens is 1. The van der Waals surface area contributed by atoms with E-state index in [-0.39, 0.29) is 4.90 Å². The van der Waals surface area contributed by atoms with E-state index >= 15 is 0 Å². The predicted molar refractivity (Wildman–Crippen MR) is 94.9 cm³/mol. The molecule has 24 heavy (non-hydrogen) atoms. The first kappa shape index (κ1) is 16.3. The molecule has 1 heterocycles. The van der Waals surface area contributed by atoms with Crippen molar-refractivity contribution in [3.05, 3.63) is 60.3 Å². The fourth-order valence-corrected chi connectivity index (χ4v) is 3.69. The van der Waals surface area contributed by atoms with Crippen LogP contribution in [0.1, 0.15) is 12.5 Å². The molecule has 0 atom stereocenters. The third kappa shape index (κ3) is 3.19. The van der Waals surface area contributed by atoms with Crippen molar-refractivity contribution in [1.82, 2.24) is 4.98 Å². The number of nitrogens with zero attached hydrogens (tertiary/aromatic N) is 1. The van der Waals surface area contributed by atoms with Crippen molar-refractivity contribution in [3.63, 3.8) is 0 Å². The van der Waals surface area contributed by atoms with Crippen LogP contribution >= 0.6 is 0 Å². The number of anilines is 1. The van der Waals surface area contributed by atoms with Crippen molar-refractivity contribution in [2.24, 2.45) is 0 Å². The first-order valence-electron chi connectivity index (χ1n) is 7.61. The molecular formula is C18H18N2O3S. The van der Waals surface area contributed by atoms with Crippen LogP contribution in [0.2, 0.25) is 0 Å². The minimum Gasteiger partial charge on any atom is -0.492 e. The maximum Gasteiger partial charge on any atom is 0.265 e. The number of ether oxygens (including phenoxy) is 1. The summed E-state index contributed by atoms with van der Waals surface area (Å²) in [6, 6.07) is 14.1. The van der Waals surface area contributed by atoms with Gasteiger partial charge in [-0.15, -0.1) is 0 Å². The van der Waals surface area contributed by atoms with Crippen molar-refractivity contribution in [1.29, 1.82) is 0 Å².